The molecule has 0 spiro atoms. The number of halogens is 1. The van der Waals surface area contributed by atoms with E-state index in [0.29, 0.717) is 27.5 Å². The fourth-order valence-electron chi connectivity index (χ4n) is 2.40. The maximum Gasteiger partial charge on any atom is 0.302 e. The van der Waals surface area contributed by atoms with Crippen LogP contribution in [0.2, 0.25) is 5.02 Å². The maximum absolute atomic E-state index is 12.3. The number of rotatable bonds is 4. The number of nitrogens with zero attached hydrogens (tertiary/aromatic N) is 4. The molecule has 0 aliphatic heterocycles. The molecule has 0 radical (unpaired) electrons. The topological polar surface area (TPSA) is 109 Å². The van der Waals surface area contributed by atoms with Gasteiger partial charge in [-0.05, 0) is 43.3 Å². The SMILES string of the molecule is Cc1nc(Nc2nc3ccccc3o2)[nH]c(=O)c1N=Nc1ccc(Cl)cc1. The van der Waals surface area contributed by atoms with Crippen molar-refractivity contribution in [3.63, 3.8) is 0 Å². The lowest BCUT2D eigenvalue weighted by Gasteiger charge is -2.03. The van der Waals surface area contributed by atoms with Crippen LogP contribution < -0.4 is 10.9 Å². The van der Waals surface area contributed by atoms with E-state index in [0.717, 1.165) is 0 Å². The third-order valence-electron chi connectivity index (χ3n) is 3.68. The van der Waals surface area contributed by atoms with E-state index in [1.54, 1.807) is 37.3 Å². The Labute approximate surface area is 158 Å². The minimum atomic E-state index is -0.432. The van der Waals surface area contributed by atoms with Crippen LogP contribution in [0, 0.1) is 6.92 Å². The van der Waals surface area contributed by atoms with Gasteiger partial charge in [-0.3, -0.25) is 15.1 Å². The van der Waals surface area contributed by atoms with Gasteiger partial charge in [0.25, 0.3) is 5.56 Å². The van der Waals surface area contributed by atoms with Gasteiger partial charge in [0.1, 0.15) is 5.52 Å². The lowest BCUT2D eigenvalue weighted by Crippen LogP contribution is -2.12. The van der Waals surface area contributed by atoms with Gasteiger partial charge in [-0.2, -0.15) is 10.1 Å². The van der Waals surface area contributed by atoms with Crippen LogP contribution in [0.15, 0.2) is 68.0 Å². The minimum Gasteiger partial charge on any atom is -0.423 e. The Kier molecular flexibility index (Phi) is 4.39. The number of oxazole rings is 1. The maximum atomic E-state index is 12.3. The minimum absolute atomic E-state index is 0.119. The zero-order valence-electron chi connectivity index (χ0n) is 14.1. The molecule has 8 nitrogen and oxygen atoms in total. The van der Waals surface area contributed by atoms with Gasteiger partial charge in [0.05, 0.1) is 11.4 Å². The molecular formula is C18H13ClN6O2. The summed E-state index contributed by atoms with van der Waals surface area (Å²) in [5, 5.41) is 11.5. The Morgan fingerprint density at radius 2 is 1.85 bits per heavy atom. The van der Waals surface area contributed by atoms with E-state index < -0.39 is 5.56 Å². The Hall–Kier alpha value is -3.52. The molecule has 0 unspecified atom stereocenters. The van der Waals surface area contributed by atoms with Gasteiger partial charge in [-0.15, -0.1) is 5.11 Å². The van der Waals surface area contributed by atoms with Crippen molar-refractivity contribution >= 4 is 46.0 Å². The van der Waals surface area contributed by atoms with E-state index in [2.05, 4.69) is 30.5 Å². The van der Waals surface area contributed by atoms with Crippen molar-refractivity contribution in [1.82, 2.24) is 15.0 Å². The van der Waals surface area contributed by atoms with Gasteiger partial charge in [-0.25, -0.2) is 4.98 Å². The number of aromatic nitrogens is 3. The second kappa shape index (κ2) is 7.00. The molecule has 0 aliphatic carbocycles. The highest BCUT2D eigenvalue weighted by atomic mass is 35.5. The summed E-state index contributed by atoms with van der Waals surface area (Å²) in [7, 11) is 0. The molecule has 9 heteroatoms. The molecule has 2 heterocycles. The van der Waals surface area contributed by atoms with Crippen LogP contribution in [0.25, 0.3) is 11.1 Å². The number of nitrogens with one attached hydrogen (secondary N) is 2. The molecule has 134 valence electrons. The Morgan fingerprint density at radius 1 is 1.07 bits per heavy atom. The van der Waals surface area contributed by atoms with Gasteiger partial charge >= 0.3 is 6.01 Å². The third kappa shape index (κ3) is 3.70. The van der Waals surface area contributed by atoms with Gasteiger partial charge in [0.2, 0.25) is 5.95 Å². The Morgan fingerprint density at radius 3 is 2.59 bits per heavy atom. The van der Waals surface area contributed by atoms with Crippen molar-refractivity contribution in [2.45, 2.75) is 6.92 Å². The third-order valence-corrected chi connectivity index (χ3v) is 3.93. The van der Waals surface area contributed by atoms with Crippen molar-refractivity contribution in [1.29, 1.82) is 0 Å². The first-order valence-corrected chi connectivity index (χ1v) is 8.37. The number of anilines is 2. The number of aromatic amines is 1. The Balaban J connectivity index is 1.59. The van der Waals surface area contributed by atoms with Gasteiger partial charge in [0, 0.05) is 5.02 Å². The predicted octanol–water partition coefficient (Wildman–Crippen LogP) is 5.03. The monoisotopic (exact) mass is 380 g/mol. The standard InChI is InChI=1S/C18H13ClN6O2/c1-10-15(25-24-12-8-6-11(19)7-9-12)16(26)22-17(20-10)23-18-21-13-4-2-3-5-14(13)27-18/h2-9H,1H3,(H2,20,21,22,23,26). The summed E-state index contributed by atoms with van der Waals surface area (Å²) in [5.41, 5.74) is 2.01. The summed E-state index contributed by atoms with van der Waals surface area (Å²) >= 11 is 5.83. The molecule has 27 heavy (non-hydrogen) atoms. The molecule has 2 N–H and O–H groups in total. The van der Waals surface area contributed by atoms with Crippen LogP contribution >= 0.6 is 11.6 Å². The van der Waals surface area contributed by atoms with Crippen molar-refractivity contribution in [3.8, 4) is 0 Å². The molecule has 0 fully saturated rings. The lowest BCUT2D eigenvalue weighted by atomic mass is 10.3. The first-order chi connectivity index (χ1) is 13.1. The summed E-state index contributed by atoms with van der Waals surface area (Å²) in [6, 6.07) is 14.4. The van der Waals surface area contributed by atoms with Crippen LogP contribution in [0.4, 0.5) is 23.3 Å². The molecule has 0 aliphatic rings. The predicted molar refractivity (Wildman–Crippen MR) is 103 cm³/mol. The highest BCUT2D eigenvalue weighted by molar-refractivity contribution is 6.30. The molecule has 2 aromatic heterocycles. The van der Waals surface area contributed by atoms with Crippen LogP contribution in [-0.2, 0) is 0 Å². The fraction of sp³-hybridized carbons (Fsp3) is 0.0556. The van der Waals surface area contributed by atoms with Gasteiger partial charge < -0.3 is 4.42 Å². The average Bonchev–Trinajstić information content (AvgIpc) is 3.04. The number of H-pyrrole nitrogens is 1. The highest BCUT2D eigenvalue weighted by Crippen LogP contribution is 2.22. The van der Waals surface area contributed by atoms with Gasteiger partial charge in [-0.1, -0.05) is 23.7 Å². The van der Waals surface area contributed by atoms with Crippen LogP contribution in [0.1, 0.15) is 5.69 Å². The largest absolute Gasteiger partial charge is 0.423 e. The fourth-order valence-corrected chi connectivity index (χ4v) is 2.53. The summed E-state index contributed by atoms with van der Waals surface area (Å²) in [5.74, 6) is 0.203. The van der Waals surface area contributed by atoms with E-state index in [1.807, 2.05) is 18.2 Å². The average molecular weight is 381 g/mol. The molecular weight excluding hydrogens is 368 g/mol. The Bertz CT molecular complexity index is 1160. The zero-order valence-corrected chi connectivity index (χ0v) is 14.9. The van der Waals surface area contributed by atoms with Crippen molar-refractivity contribution in [2.24, 2.45) is 10.2 Å². The number of aryl methyl sites for hydroxylation is 1. The van der Waals surface area contributed by atoms with E-state index in [1.165, 1.54) is 0 Å². The van der Waals surface area contributed by atoms with E-state index >= 15 is 0 Å². The molecule has 0 bridgehead atoms. The quantitative estimate of drug-likeness (QED) is 0.482. The van der Waals surface area contributed by atoms with E-state index in [-0.39, 0.29) is 17.7 Å². The van der Waals surface area contributed by atoms with Crippen LogP contribution in [-0.4, -0.2) is 15.0 Å². The van der Waals surface area contributed by atoms with Crippen molar-refractivity contribution in [2.75, 3.05) is 5.32 Å². The summed E-state index contributed by atoms with van der Waals surface area (Å²) < 4.78 is 5.56. The summed E-state index contributed by atoms with van der Waals surface area (Å²) in [6.45, 7) is 1.67. The molecule has 0 atom stereocenters. The molecule has 0 saturated heterocycles. The molecule has 0 saturated carbocycles. The van der Waals surface area contributed by atoms with E-state index in [9.17, 15) is 4.79 Å². The smallest absolute Gasteiger partial charge is 0.302 e. The number of benzene rings is 2. The van der Waals surface area contributed by atoms with Crippen LogP contribution in [0.3, 0.4) is 0 Å². The second-order valence-electron chi connectivity index (χ2n) is 5.64. The molecule has 4 aromatic rings. The molecule has 4 rings (SSSR count). The highest BCUT2D eigenvalue weighted by Gasteiger charge is 2.11. The number of azo groups is 1. The molecule has 2 aromatic carbocycles. The number of para-hydroxylation sites is 2. The van der Waals surface area contributed by atoms with Crippen LogP contribution in [0.5, 0.6) is 0 Å². The number of hydrogen-bond acceptors (Lipinski definition) is 7. The van der Waals surface area contributed by atoms with Gasteiger partial charge in [0.15, 0.2) is 11.3 Å². The van der Waals surface area contributed by atoms with Crippen molar-refractivity contribution < 1.29 is 4.42 Å². The number of hydrogen-bond donors (Lipinski definition) is 2. The summed E-state index contributed by atoms with van der Waals surface area (Å²) in [4.78, 5) is 23.5. The van der Waals surface area contributed by atoms with E-state index in [4.69, 9.17) is 16.0 Å². The normalized spacial score (nSPS) is 11.3. The second-order valence-corrected chi connectivity index (χ2v) is 6.07. The molecule has 0 amide bonds. The van der Waals surface area contributed by atoms with Crippen molar-refractivity contribution in [3.05, 3.63) is 69.6 Å². The first-order valence-electron chi connectivity index (χ1n) is 7.99. The first kappa shape index (κ1) is 16.9. The summed E-state index contributed by atoms with van der Waals surface area (Å²) in [6.07, 6.45) is 0. The lowest BCUT2D eigenvalue weighted by molar-refractivity contribution is 0.621. The zero-order chi connectivity index (χ0) is 18.8. The number of fused-ring (bicyclic) bond motifs is 1.